The van der Waals surface area contributed by atoms with Crippen LogP contribution in [0.2, 0.25) is 0 Å². The van der Waals surface area contributed by atoms with Crippen LogP contribution in [0.4, 0.5) is 0 Å². The van der Waals surface area contributed by atoms with Gasteiger partial charge in [-0.2, -0.15) is 0 Å². The van der Waals surface area contributed by atoms with Gasteiger partial charge in [-0.15, -0.1) is 0 Å². The first-order valence-corrected chi connectivity index (χ1v) is 12.1. The molecule has 0 saturated carbocycles. The van der Waals surface area contributed by atoms with E-state index in [0.717, 1.165) is 22.8 Å². The van der Waals surface area contributed by atoms with Crippen LogP contribution in [0, 0.1) is 0 Å². The molecule has 0 bridgehead atoms. The fraction of sp³-hybridized carbons (Fsp3) is 0.143. The average molecular weight is 447 g/mol. The summed E-state index contributed by atoms with van der Waals surface area (Å²) >= 11 is 0. The van der Waals surface area contributed by atoms with Gasteiger partial charge in [-0.1, -0.05) is 60.7 Å². The maximum Gasteiger partial charge on any atom is 0.240 e. The molecule has 0 aliphatic rings. The molecular weight excluding hydrogens is 424 g/mol. The minimum absolute atomic E-state index is 0.0345. The molecule has 0 saturated heterocycles. The standard InChI is InChI=1S/C21H22N2O5S2/c22-29(24,25)20-11-6-12-21(13-20)30(26,27)23-14-18-9-4-5-10-19(18)16-28-15-17-7-2-1-3-8-17/h1-13,23H,14-16H2,(H2,22,24,25). The molecule has 0 fully saturated rings. The summed E-state index contributed by atoms with van der Waals surface area (Å²) in [6.45, 7) is 0.807. The summed E-state index contributed by atoms with van der Waals surface area (Å²) < 4.78 is 56.5. The van der Waals surface area contributed by atoms with Crippen molar-refractivity contribution in [3.8, 4) is 0 Å². The predicted molar refractivity (Wildman–Crippen MR) is 113 cm³/mol. The third-order valence-electron chi connectivity index (χ3n) is 4.38. The van der Waals surface area contributed by atoms with Crippen LogP contribution >= 0.6 is 0 Å². The number of ether oxygens (including phenoxy) is 1. The van der Waals surface area contributed by atoms with Crippen LogP contribution in [0.3, 0.4) is 0 Å². The summed E-state index contributed by atoms with van der Waals surface area (Å²) in [5, 5.41) is 5.09. The molecule has 0 aliphatic heterocycles. The Bertz CT molecular complexity index is 1210. The van der Waals surface area contributed by atoms with E-state index in [4.69, 9.17) is 9.88 Å². The molecule has 0 aliphatic carbocycles. The van der Waals surface area contributed by atoms with Gasteiger partial charge in [0.2, 0.25) is 20.0 Å². The van der Waals surface area contributed by atoms with Crippen molar-refractivity contribution in [1.29, 1.82) is 0 Å². The molecule has 3 aromatic carbocycles. The Kier molecular flexibility index (Phi) is 7.01. The highest BCUT2D eigenvalue weighted by Crippen LogP contribution is 2.16. The summed E-state index contributed by atoms with van der Waals surface area (Å²) in [6.07, 6.45) is 0. The Morgan fingerprint density at radius 3 is 2.07 bits per heavy atom. The third-order valence-corrected chi connectivity index (χ3v) is 6.69. The number of benzene rings is 3. The van der Waals surface area contributed by atoms with Crippen LogP contribution in [0.25, 0.3) is 0 Å². The van der Waals surface area contributed by atoms with E-state index < -0.39 is 20.0 Å². The van der Waals surface area contributed by atoms with Crippen molar-refractivity contribution in [3.63, 3.8) is 0 Å². The molecule has 0 heterocycles. The third kappa shape index (κ3) is 5.97. The maximum atomic E-state index is 12.6. The van der Waals surface area contributed by atoms with E-state index in [1.165, 1.54) is 18.2 Å². The van der Waals surface area contributed by atoms with E-state index in [1.54, 1.807) is 0 Å². The van der Waals surface area contributed by atoms with E-state index in [9.17, 15) is 16.8 Å². The lowest BCUT2D eigenvalue weighted by atomic mass is 10.1. The lowest BCUT2D eigenvalue weighted by Crippen LogP contribution is -2.24. The van der Waals surface area contributed by atoms with Gasteiger partial charge in [-0.25, -0.2) is 26.7 Å². The number of primary sulfonamides is 1. The molecule has 0 atom stereocenters. The van der Waals surface area contributed by atoms with Crippen molar-refractivity contribution in [2.24, 2.45) is 5.14 Å². The van der Waals surface area contributed by atoms with Crippen molar-refractivity contribution in [2.75, 3.05) is 0 Å². The normalized spacial score (nSPS) is 12.0. The highest BCUT2D eigenvalue weighted by Gasteiger charge is 2.17. The number of nitrogens with two attached hydrogens (primary N) is 1. The Labute approximate surface area is 176 Å². The Morgan fingerprint density at radius 1 is 0.733 bits per heavy atom. The molecule has 158 valence electrons. The quantitative estimate of drug-likeness (QED) is 0.524. The maximum absolute atomic E-state index is 12.6. The number of sulfonamides is 2. The van der Waals surface area contributed by atoms with E-state index in [1.807, 2.05) is 54.6 Å². The minimum Gasteiger partial charge on any atom is -0.372 e. The number of nitrogens with one attached hydrogen (secondary N) is 1. The molecule has 3 rings (SSSR count). The second kappa shape index (κ2) is 9.50. The summed E-state index contributed by atoms with van der Waals surface area (Å²) in [5.41, 5.74) is 2.66. The molecule has 7 nitrogen and oxygen atoms in total. The highest BCUT2D eigenvalue weighted by molar-refractivity contribution is 7.90. The number of rotatable bonds is 9. The first-order valence-electron chi connectivity index (χ1n) is 9.07. The van der Waals surface area contributed by atoms with Gasteiger partial charge in [-0.3, -0.25) is 0 Å². The molecule has 3 N–H and O–H groups in total. The van der Waals surface area contributed by atoms with Gasteiger partial charge < -0.3 is 4.74 Å². The zero-order valence-corrected chi connectivity index (χ0v) is 17.7. The zero-order valence-electron chi connectivity index (χ0n) is 16.1. The SMILES string of the molecule is NS(=O)(=O)c1cccc(S(=O)(=O)NCc2ccccc2COCc2ccccc2)c1. The summed E-state index contributed by atoms with van der Waals surface area (Å²) in [5.74, 6) is 0. The molecule has 3 aromatic rings. The zero-order chi connectivity index (χ0) is 21.6. The Balaban J connectivity index is 1.68. The Hall–Kier alpha value is -2.56. The lowest BCUT2D eigenvalue weighted by molar-refractivity contribution is 0.106. The fourth-order valence-corrected chi connectivity index (χ4v) is 4.48. The van der Waals surface area contributed by atoms with Crippen molar-refractivity contribution in [3.05, 3.63) is 95.6 Å². The van der Waals surface area contributed by atoms with Crippen molar-refractivity contribution in [2.45, 2.75) is 29.5 Å². The predicted octanol–water partition coefficient (Wildman–Crippen LogP) is 2.53. The first-order chi connectivity index (χ1) is 14.3. The van der Waals surface area contributed by atoms with Crippen LogP contribution < -0.4 is 9.86 Å². The smallest absolute Gasteiger partial charge is 0.240 e. The van der Waals surface area contributed by atoms with E-state index >= 15 is 0 Å². The van der Waals surface area contributed by atoms with E-state index in [2.05, 4.69) is 4.72 Å². The van der Waals surface area contributed by atoms with E-state index in [0.29, 0.717) is 13.2 Å². The minimum atomic E-state index is -4.00. The monoisotopic (exact) mass is 446 g/mol. The van der Waals surface area contributed by atoms with Crippen LogP contribution in [0.1, 0.15) is 16.7 Å². The highest BCUT2D eigenvalue weighted by atomic mass is 32.2. The second-order valence-corrected chi connectivity index (χ2v) is 9.92. The van der Waals surface area contributed by atoms with Gasteiger partial charge in [-0.05, 0) is 34.9 Å². The van der Waals surface area contributed by atoms with Gasteiger partial charge in [0.1, 0.15) is 0 Å². The Morgan fingerprint density at radius 2 is 1.37 bits per heavy atom. The summed E-state index contributed by atoms with van der Waals surface area (Å²) in [4.78, 5) is -0.438. The first kappa shape index (κ1) is 22.1. The van der Waals surface area contributed by atoms with Crippen LogP contribution in [0.15, 0.2) is 88.7 Å². The molecule has 0 spiro atoms. The summed E-state index contributed by atoms with van der Waals surface area (Å²) in [7, 11) is -7.93. The van der Waals surface area contributed by atoms with Crippen LogP contribution in [-0.4, -0.2) is 16.8 Å². The average Bonchev–Trinajstić information content (AvgIpc) is 2.73. The number of hydrogen-bond acceptors (Lipinski definition) is 5. The molecule has 0 radical (unpaired) electrons. The molecule has 0 aromatic heterocycles. The van der Waals surface area contributed by atoms with Gasteiger partial charge in [0.15, 0.2) is 0 Å². The van der Waals surface area contributed by atoms with Gasteiger partial charge >= 0.3 is 0 Å². The lowest BCUT2D eigenvalue weighted by Gasteiger charge is -2.12. The largest absolute Gasteiger partial charge is 0.372 e. The molecular formula is C21H22N2O5S2. The van der Waals surface area contributed by atoms with Crippen LogP contribution in [0.5, 0.6) is 0 Å². The molecule has 9 heteroatoms. The number of hydrogen-bond donors (Lipinski definition) is 2. The molecule has 0 amide bonds. The van der Waals surface area contributed by atoms with Gasteiger partial charge in [0.05, 0.1) is 23.0 Å². The molecule has 0 unspecified atom stereocenters. The van der Waals surface area contributed by atoms with Gasteiger partial charge in [0.25, 0.3) is 0 Å². The van der Waals surface area contributed by atoms with Crippen LogP contribution in [-0.2, 0) is 44.5 Å². The van der Waals surface area contributed by atoms with Crippen molar-refractivity contribution < 1.29 is 21.6 Å². The molecule has 30 heavy (non-hydrogen) atoms. The van der Waals surface area contributed by atoms with E-state index in [-0.39, 0.29) is 16.3 Å². The summed E-state index contributed by atoms with van der Waals surface area (Å²) in [6, 6.07) is 22.0. The topological polar surface area (TPSA) is 116 Å². The fourth-order valence-electron chi connectivity index (χ4n) is 2.80. The van der Waals surface area contributed by atoms with Crippen molar-refractivity contribution >= 4 is 20.0 Å². The van der Waals surface area contributed by atoms with Crippen molar-refractivity contribution in [1.82, 2.24) is 4.72 Å². The van der Waals surface area contributed by atoms with Gasteiger partial charge in [0, 0.05) is 6.54 Å². The second-order valence-electron chi connectivity index (χ2n) is 6.59.